The minimum absolute atomic E-state index is 0.0178. The fourth-order valence-electron chi connectivity index (χ4n) is 1.98. The summed E-state index contributed by atoms with van der Waals surface area (Å²) in [4.78, 5) is 11.4. The lowest BCUT2D eigenvalue weighted by Gasteiger charge is -2.41. The van der Waals surface area contributed by atoms with E-state index in [4.69, 9.17) is 9.47 Å². The number of nitrogens with one attached hydrogen (secondary N) is 1. The van der Waals surface area contributed by atoms with E-state index in [-0.39, 0.29) is 12.5 Å². The minimum Gasteiger partial charge on any atom is -0.382 e. The van der Waals surface area contributed by atoms with Gasteiger partial charge in [-0.25, -0.2) is 0 Å². The molecule has 0 aromatic carbocycles. The van der Waals surface area contributed by atoms with Gasteiger partial charge in [0.25, 0.3) is 0 Å². The molecule has 1 rings (SSSR count). The molecule has 0 bridgehead atoms. The van der Waals surface area contributed by atoms with Gasteiger partial charge >= 0.3 is 0 Å². The molecule has 1 amide bonds. The van der Waals surface area contributed by atoms with Gasteiger partial charge in [-0.05, 0) is 24.7 Å². The Kier molecular flexibility index (Phi) is 5.77. The zero-order valence-electron chi connectivity index (χ0n) is 10.4. The first-order valence-electron chi connectivity index (χ1n) is 6.06. The van der Waals surface area contributed by atoms with Crippen LogP contribution in [0.1, 0.15) is 32.6 Å². The first-order valence-corrected chi connectivity index (χ1v) is 6.06. The molecule has 0 aromatic heterocycles. The van der Waals surface area contributed by atoms with Crippen LogP contribution >= 0.6 is 0 Å². The quantitative estimate of drug-likeness (QED) is 0.639. The van der Waals surface area contributed by atoms with Crippen molar-refractivity contribution in [3.63, 3.8) is 0 Å². The summed E-state index contributed by atoms with van der Waals surface area (Å²) < 4.78 is 9.97. The summed E-state index contributed by atoms with van der Waals surface area (Å²) >= 11 is 0. The Balaban J connectivity index is 2.05. The van der Waals surface area contributed by atoms with Gasteiger partial charge in [0.2, 0.25) is 5.91 Å². The van der Waals surface area contributed by atoms with Gasteiger partial charge in [-0.15, -0.1) is 0 Å². The van der Waals surface area contributed by atoms with E-state index < -0.39 is 0 Å². The first-order chi connectivity index (χ1) is 7.72. The van der Waals surface area contributed by atoms with Crippen molar-refractivity contribution in [3.8, 4) is 0 Å². The van der Waals surface area contributed by atoms with Crippen LogP contribution in [0.15, 0.2) is 0 Å². The van der Waals surface area contributed by atoms with E-state index in [1.54, 1.807) is 7.11 Å². The van der Waals surface area contributed by atoms with Crippen molar-refractivity contribution in [1.29, 1.82) is 0 Å². The molecule has 1 aliphatic rings. The van der Waals surface area contributed by atoms with Gasteiger partial charge in [0.15, 0.2) is 0 Å². The molecule has 0 spiro atoms. The Morgan fingerprint density at radius 3 is 2.62 bits per heavy atom. The van der Waals surface area contributed by atoms with Crippen molar-refractivity contribution in [2.75, 3.05) is 33.5 Å². The van der Waals surface area contributed by atoms with Crippen molar-refractivity contribution in [1.82, 2.24) is 5.32 Å². The van der Waals surface area contributed by atoms with Crippen molar-refractivity contribution in [3.05, 3.63) is 0 Å². The zero-order valence-corrected chi connectivity index (χ0v) is 10.4. The largest absolute Gasteiger partial charge is 0.382 e. The van der Waals surface area contributed by atoms with Gasteiger partial charge < -0.3 is 14.8 Å². The van der Waals surface area contributed by atoms with Gasteiger partial charge in [-0.2, -0.15) is 0 Å². The second-order valence-corrected chi connectivity index (χ2v) is 4.53. The SMILES string of the molecule is CCC1(CNC(=O)COCCOC)CCC1. The molecule has 94 valence electrons. The highest BCUT2D eigenvalue weighted by molar-refractivity contribution is 5.77. The van der Waals surface area contributed by atoms with Crippen LogP contribution in [-0.2, 0) is 14.3 Å². The van der Waals surface area contributed by atoms with Crippen molar-refractivity contribution in [2.24, 2.45) is 5.41 Å². The van der Waals surface area contributed by atoms with Crippen molar-refractivity contribution in [2.45, 2.75) is 32.6 Å². The predicted molar refractivity (Wildman–Crippen MR) is 62.3 cm³/mol. The Labute approximate surface area is 97.7 Å². The lowest BCUT2D eigenvalue weighted by molar-refractivity contribution is -0.127. The molecule has 4 nitrogen and oxygen atoms in total. The van der Waals surface area contributed by atoms with Crippen LogP contribution in [0.2, 0.25) is 0 Å². The molecule has 0 unspecified atom stereocenters. The van der Waals surface area contributed by atoms with Gasteiger partial charge in [0.05, 0.1) is 13.2 Å². The minimum atomic E-state index is -0.0178. The number of amides is 1. The summed E-state index contributed by atoms with van der Waals surface area (Å²) in [5.74, 6) is -0.0178. The van der Waals surface area contributed by atoms with Crippen LogP contribution in [0, 0.1) is 5.41 Å². The highest BCUT2D eigenvalue weighted by atomic mass is 16.5. The Morgan fingerprint density at radius 1 is 1.38 bits per heavy atom. The topological polar surface area (TPSA) is 47.6 Å². The molecule has 0 heterocycles. The fraction of sp³-hybridized carbons (Fsp3) is 0.917. The van der Waals surface area contributed by atoms with E-state index >= 15 is 0 Å². The molecule has 4 heteroatoms. The highest BCUT2D eigenvalue weighted by Gasteiger charge is 2.34. The number of rotatable bonds is 8. The summed E-state index contributed by atoms with van der Waals surface area (Å²) in [6.07, 6.45) is 4.94. The molecule has 0 saturated heterocycles. The fourth-order valence-corrected chi connectivity index (χ4v) is 1.98. The van der Waals surface area contributed by atoms with Crippen LogP contribution < -0.4 is 5.32 Å². The molecule has 0 atom stereocenters. The number of ether oxygens (including phenoxy) is 2. The molecule has 0 radical (unpaired) electrons. The molecular formula is C12H23NO3. The van der Waals surface area contributed by atoms with E-state index in [2.05, 4.69) is 12.2 Å². The van der Waals surface area contributed by atoms with Crippen LogP contribution in [0.25, 0.3) is 0 Å². The normalized spacial score (nSPS) is 17.9. The van der Waals surface area contributed by atoms with E-state index in [9.17, 15) is 4.79 Å². The highest BCUT2D eigenvalue weighted by Crippen LogP contribution is 2.42. The van der Waals surface area contributed by atoms with E-state index in [0.29, 0.717) is 18.6 Å². The molecule has 0 aromatic rings. The monoisotopic (exact) mass is 229 g/mol. The van der Waals surface area contributed by atoms with E-state index in [1.165, 1.54) is 19.3 Å². The molecule has 0 aliphatic heterocycles. The average molecular weight is 229 g/mol. The van der Waals surface area contributed by atoms with Crippen LogP contribution in [0.3, 0.4) is 0 Å². The number of methoxy groups -OCH3 is 1. The molecule has 1 saturated carbocycles. The lowest BCUT2D eigenvalue weighted by atomic mass is 9.67. The second kappa shape index (κ2) is 6.86. The summed E-state index contributed by atoms with van der Waals surface area (Å²) in [7, 11) is 1.62. The van der Waals surface area contributed by atoms with Crippen LogP contribution in [-0.4, -0.2) is 39.4 Å². The van der Waals surface area contributed by atoms with Gasteiger partial charge in [-0.1, -0.05) is 13.3 Å². The third-order valence-corrected chi connectivity index (χ3v) is 3.49. The van der Waals surface area contributed by atoms with Crippen molar-refractivity contribution < 1.29 is 14.3 Å². The standard InChI is InChI=1S/C12H23NO3/c1-3-12(5-4-6-12)10-13-11(14)9-16-8-7-15-2/h3-10H2,1-2H3,(H,13,14). The Morgan fingerprint density at radius 2 is 2.12 bits per heavy atom. The Bertz CT molecular complexity index is 209. The third kappa shape index (κ3) is 4.10. The predicted octanol–water partition coefficient (Wildman–Crippen LogP) is 1.35. The average Bonchev–Trinajstić information content (AvgIpc) is 2.24. The molecule has 1 aliphatic carbocycles. The third-order valence-electron chi connectivity index (χ3n) is 3.49. The maximum Gasteiger partial charge on any atom is 0.246 e. The summed E-state index contributed by atoms with van der Waals surface area (Å²) in [5.41, 5.74) is 0.377. The maximum absolute atomic E-state index is 11.4. The number of hydrogen-bond acceptors (Lipinski definition) is 3. The Hall–Kier alpha value is -0.610. The molecule has 1 fully saturated rings. The number of hydrogen-bond donors (Lipinski definition) is 1. The van der Waals surface area contributed by atoms with E-state index in [1.807, 2.05) is 0 Å². The summed E-state index contributed by atoms with van der Waals surface area (Å²) in [6, 6.07) is 0. The van der Waals surface area contributed by atoms with Crippen molar-refractivity contribution >= 4 is 5.91 Å². The van der Waals surface area contributed by atoms with Gasteiger partial charge in [0.1, 0.15) is 6.61 Å². The number of carbonyl (C=O) groups excluding carboxylic acids is 1. The lowest BCUT2D eigenvalue weighted by Crippen LogP contribution is -2.42. The zero-order chi connectivity index (χ0) is 11.9. The van der Waals surface area contributed by atoms with Gasteiger partial charge in [0, 0.05) is 13.7 Å². The molecule has 16 heavy (non-hydrogen) atoms. The van der Waals surface area contributed by atoms with Gasteiger partial charge in [-0.3, -0.25) is 4.79 Å². The summed E-state index contributed by atoms with van der Waals surface area (Å²) in [6.45, 7) is 4.15. The summed E-state index contributed by atoms with van der Waals surface area (Å²) in [5, 5.41) is 2.95. The molecule has 1 N–H and O–H groups in total. The van der Waals surface area contributed by atoms with Crippen LogP contribution in [0.4, 0.5) is 0 Å². The molecular weight excluding hydrogens is 206 g/mol. The van der Waals surface area contributed by atoms with Crippen LogP contribution in [0.5, 0.6) is 0 Å². The van der Waals surface area contributed by atoms with E-state index in [0.717, 1.165) is 13.0 Å². The maximum atomic E-state index is 11.4. The number of carbonyl (C=O) groups is 1. The first kappa shape index (κ1) is 13.5. The second-order valence-electron chi connectivity index (χ2n) is 4.53. The smallest absolute Gasteiger partial charge is 0.246 e.